The summed E-state index contributed by atoms with van der Waals surface area (Å²) in [5.41, 5.74) is -0.0160. The molecule has 0 unspecified atom stereocenters. The first-order valence-corrected chi connectivity index (χ1v) is 13.9. The summed E-state index contributed by atoms with van der Waals surface area (Å²) in [4.78, 5) is 12.7. The van der Waals surface area contributed by atoms with Crippen molar-refractivity contribution in [2.24, 2.45) is 10.2 Å². The number of nitrogens with zero attached hydrogens (tertiary/aromatic N) is 2. The molecule has 0 fully saturated rings. The molecule has 0 aliphatic heterocycles. The molecule has 0 radical (unpaired) electrons. The van der Waals surface area contributed by atoms with Gasteiger partial charge in [0.05, 0.1) is 28.0 Å². The molecule has 40 heavy (non-hydrogen) atoms. The van der Waals surface area contributed by atoms with Gasteiger partial charge in [-0.1, -0.05) is 60.1 Å². The van der Waals surface area contributed by atoms with Crippen molar-refractivity contribution in [1.29, 1.82) is 0 Å². The van der Waals surface area contributed by atoms with Crippen molar-refractivity contribution in [3.63, 3.8) is 0 Å². The van der Waals surface area contributed by atoms with Crippen molar-refractivity contribution in [3.05, 3.63) is 81.8 Å². The standard InChI is InChI=1S/C27H23Cl2N3O6S.Na/c1-3-15-11-21(29)25(23(12-15)39(35,36)37)32-31-24-18-8-6-5-7-16(18)13-19(26(24)33)27(34)30-22-14-17(38-4-2)9-10-20(22)28;/h5-14,33H,3-4H2,1-2H3,(H,30,34)(H,35,36,37);/q;+1/p-1. The third-order valence-corrected chi connectivity index (χ3v) is 7.23. The van der Waals surface area contributed by atoms with Crippen molar-refractivity contribution < 1.29 is 57.2 Å². The number of halogens is 2. The summed E-state index contributed by atoms with van der Waals surface area (Å²) in [6.45, 7) is 4.00. The van der Waals surface area contributed by atoms with Crippen LogP contribution >= 0.6 is 23.2 Å². The first kappa shape index (κ1) is 31.8. The molecule has 4 aromatic carbocycles. The Morgan fingerprint density at radius 1 is 1.00 bits per heavy atom. The van der Waals surface area contributed by atoms with E-state index in [1.165, 1.54) is 24.3 Å². The van der Waals surface area contributed by atoms with Crippen molar-refractivity contribution in [1.82, 2.24) is 0 Å². The quantitative estimate of drug-likeness (QED) is 0.175. The molecule has 0 heterocycles. The fourth-order valence-corrected chi connectivity index (χ4v) is 5.04. The number of aryl methyl sites for hydroxylation is 1. The number of carbonyl (C=O) groups is 1. The van der Waals surface area contributed by atoms with E-state index < -0.39 is 26.7 Å². The Morgan fingerprint density at radius 2 is 1.70 bits per heavy atom. The zero-order chi connectivity index (χ0) is 28.3. The van der Waals surface area contributed by atoms with Crippen LogP contribution < -0.4 is 44.7 Å². The zero-order valence-corrected chi connectivity index (χ0v) is 26.1. The van der Waals surface area contributed by atoms with Crippen molar-refractivity contribution in [2.75, 3.05) is 11.9 Å². The van der Waals surface area contributed by atoms with E-state index in [0.29, 0.717) is 35.1 Å². The summed E-state index contributed by atoms with van der Waals surface area (Å²) < 4.78 is 39.3. The van der Waals surface area contributed by atoms with Crippen LogP contribution in [0.15, 0.2) is 75.8 Å². The molecule has 0 aliphatic rings. The van der Waals surface area contributed by atoms with Crippen LogP contribution in [0, 0.1) is 0 Å². The summed E-state index contributed by atoms with van der Waals surface area (Å²) in [6.07, 6.45) is 0.448. The zero-order valence-electron chi connectivity index (χ0n) is 21.7. The van der Waals surface area contributed by atoms with Crippen LogP contribution in [0.3, 0.4) is 0 Å². The minimum absolute atomic E-state index is 0. The van der Waals surface area contributed by atoms with Gasteiger partial charge < -0.3 is 15.2 Å². The molecular formula is C27H22Cl2N3NaO6S. The Kier molecular flexibility index (Phi) is 10.6. The maximum Gasteiger partial charge on any atom is 1.00 e. The summed E-state index contributed by atoms with van der Waals surface area (Å²) in [6, 6.07) is 15.6. The molecule has 1 amide bonds. The van der Waals surface area contributed by atoms with E-state index in [2.05, 4.69) is 15.5 Å². The van der Waals surface area contributed by atoms with E-state index in [-0.39, 0.29) is 62.2 Å². The van der Waals surface area contributed by atoms with Gasteiger partial charge >= 0.3 is 29.6 Å². The average Bonchev–Trinajstić information content (AvgIpc) is 2.89. The fourth-order valence-electron chi connectivity index (χ4n) is 3.85. The predicted octanol–water partition coefficient (Wildman–Crippen LogP) is 4.10. The first-order valence-electron chi connectivity index (χ1n) is 11.7. The smallest absolute Gasteiger partial charge is 0.870 e. The van der Waals surface area contributed by atoms with Crippen LogP contribution in [0.2, 0.25) is 10.0 Å². The Balaban J connectivity index is 0.00000441. The number of hydrogen-bond acceptors (Lipinski definition) is 7. The predicted molar refractivity (Wildman–Crippen MR) is 149 cm³/mol. The van der Waals surface area contributed by atoms with Crippen LogP contribution in [-0.2, 0) is 16.5 Å². The van der Waals surface area contributed by atoms with Gasteiger partial charge in [0.1, 0.15) is 16.3 Å². The second kappa shape index (κ2) is 13.3. The van der Waals surface area contributed by atoms with Crippen LogP contribution in [0.4, 0.5) is 17.1 Å². The van der Waals surface area contributed by atoms with Gasteiger partial charge in [-0.3, -0.25) is 9.35 Å². The van der Waals surface area contributed by atoms with Gasteiger partial charge in [-0.15, -0.1) is 5.11 Å². The average molecular weight is 610 g/mol. The second-order valence-electron chi connectivity index (χ2n) is 8.30. The summed E-state index contributed by atoms with van der Waals surface area (Å²) >= 11 is 12.5. The summed E-state index contributed by atoms with van der Waals surface area (Å²) in [7, 11) is -4.72. The molecule has 0 bridgehead atoms. The molecule has 0 saturated heterocycles. The van der Waals surface area contributed by atoms with Gasteiger partial charge in [0.2, 0.25) is 0 Å². The van der Waals surface area contributed by atoms with Crippen LogP contribution in [0.5, 0.6) is 11.5 Å². The molecule has 0 saturated carbocycles. The number of rotatable bonds is 8. The Morgan fingerprint density at radius 3 is 2.38 bits per heavy atom. The maximum atomic E-state index is 13.5. The number of amides is 1. The van der Waals surface area contributed by atoms with Crippen LogP contribution in [-0.4, -0.2) is 25.5 Å². The van der Waals surface area contributed by atoms with E-state index >= 15 is 0 Å². The number of benzene rings is 4. The molecule has 0 aliphatic carbocycles. The van der Waals surface area contributed by atoms with Gasteiger partial charge in [0.25, 0.3) is 16.0 Å². The number of fused-ring (bicyclic) bond motifs is 1. The molecule has 13 heteroatoms. The van der Waals surface area contributed by atoms with E-state index in [4.69, 9.17) is 27.9 Å². The van der Waals surface area contributed by atoms with Crippen LogP contribution in [0.1, 0.15) is 29.8 Å². The molecule has 2 N–H and O–H groups in total. The molecule has 0 spiro atoms. The van der Waals surface area contributed by atoms with Gasteiger partial charge in [-0.05, 0) is 54.6 Å². The molecule has 0 aromatic heterocycles. The van der Waals surface area contributed by atoms with E-state index in [1.54, 1.807) is 43.3 Å². The van der Waals surface area contributed by atoms with Crippen molar-refractivity contribution >= 4 is 67.1 Å². The van der Waals surface area contributed by atoms with Gasteiger partial charge in [0, 0.05) is 17.0 Å². The number of nitrogens with one attached hydrogen (secondary N) is 1. The molecular weight excluding hydrogens is 588 g/mol. The van der Waals surface area contributed by atoms with E-state index in [0.717, 1.165) is 0 Å². The molecule has 4 aromatic rings. The topological polar surface area (TPSA) is 140 Å². The third-order valence-electron chi connectivity index (χ3n) is 5.74. The third kappa shape index (κ3) is 6.95. The van der Waals surface area contributed by atoms with E-state index in [9.17, 15) is 22.9 Å². The number of anilines is 1. The monoisotopic (exact) mass is 609 g/mol. The Bertz CT molecular complexity index is 1730. The summed E-state index contributed by atoms with van der Waals surface area (Å²) in [5.74, 6) is -1.03. The SMILES string of the molecule is CCOc1ccc(Cl)c(NC(=O)c2cc3ccccc3c(N=Nc3c(Cl)cc(CC)cc3S(=O)(=O)O)c2[O-])c1.[Na+]. The number of azo groups is 1. The first-order chi connectivity index (χ1) is 18.5. The Labute approximate surface area is 263 Å². The van der Waals surface area contributed by atoms with E-state index in [1.807, 2.05) is 6.92 Å². The number of hydrogen-bond donors (Lipinski definition) is 2. The van der Waals surface area contributed by atoms with Crippen LogP contribution in [0.25, 0.3) is 10.8 Å². The summed E-state index contributed by atoms with van der Waals surface area (Å²) in [5, 5.41) is 25.1. The van der Waals surface area contributed by atoms with Gasteiger partial charge in [0.15, 0.2) is 0 Å². The van der Waals surface area contributed by atoms with Gasteiger partial charge in [-0.25, -0.2) is 0 Å². The number of carbonyl (C=O) groups excluding carboxylic acids is 1. The minimum Gasteiger partial charge on any atom is -0.870 e. The van der Waals surface area contributed by atoms with Gasteiger partial charge in [-0.2, -0.15) is 13.5 Å². The largest absolute Gasteiger partial charge is 1.00 e. The molecule has 4 rings (SSSR count). The molecule has 202 valence electrons. The van der Waals surface area contributed by atoms with Crippen molar-refractivity contribution in [2.45, 2.75) is 25.2 Å². The second-order valence-corrected chi connectivity index (χ2v) is 10.5. The molecule has 9 nitrogen and oxygen atoms in total. The Hall–Kier alpha value is -2.70. The molecule has 0 atom stereocenters. The maximum absolute atomic E-state index is 13.5. The normalized spacial score (nSPS) is 11.4. The minimum atomic E-state index is -4.72. The number of ether oxygens (including phenoxy) is 1. The van der Waals surface area contributed by atoms with Crippen molar-refractivity contribution in [3.8, 4) is 11.5 Å². The fraction of sp³-hybridized carbons (Fsp3) is 0.148.